The summed E-state index contributed by atoms with van der Waals surface area (Å²) >= 11 is 0. The number of nitrogens with zero attached hydrogens (tertiary/aromatic N) is 4. The van der Waals surface area contributed by atoms with Gasteiger partial charge in [0.15, 0.2) is 0 Å². The van der Waals surface area contributed by atoms with E-state index in [1.165, 1.54) is 16.7 Å². The Morgan fingerprint density at radius 3 is 2.48 bits per heavy atom. The van der Waals surface area contributed by atoms with Crippen LogP contribution in [-0.2, 0) is 17.8 Å². The highest BCUT2D eigenvalue weighted by atomic mass is 16.2. The number of carbonyl (C=O) groups is 1. The number of piperidine rings is 1. The molecule has 3 heterocycles. The van der Waals surface area contributed by atoms with Crippen LogP contribution in [0.4, 0.5) is 5.82 Å². The molecule has 1 atom stereocenters. The van der Waals surface area contributed by atoms with E-state index in [4.69, 9.17) is 9.97 Å². The minimum atomic E-state index is 0.138. The van der Waals surface area contributed by atoms with Crippen LogP contribution in [0, 0.1) is 5.92 Å². The van der Waals surface area contributed by atoms with E-state index in [2.05, 4.69) is 31.1 Å². The topological polar surface area (TPSA) is 61.4 Å². The molecule has 1 N–H and O–H groups in total. The number of hydrogen-bond acceptors (Lipinski definition) is 5. The van der Waals surface area contributed by atoms with E-state index in [-0.39, 0.29) is 5.92 Å². The molecular formula is C23H35N5O. The smallest absolute Gasteiger partial charge is 0.226 e. The van der Waals surface area contributed by atoms with Crippen LogP contribution in [0.25, 0.3) is 0 Å². The van der Waals surface area contributed by atoms with E-state index < -0.39 is 0 Å². The minimum absolute atomic E-state index is 0.138. The molecule has 0 bridgehead atoms. The average molecular weight is 398 g/mol. The molecule has 0 unspecified atom stereocenters. The van der Waals surface area contributed by atoms with Gasteiger partial charge >= 0.3 is 0 Å². The average Bonchev–Trinajstić information content (AvgIpc) is 2.74. The Morgan fingerprint density at radius 2 is 1.79 bits per heavy atom. The van der Waals surface area contributed by atoms with Crippen LogP contribution in [0.3, 0.4) is 0 Å². The largest absolute Gasteiger partial charge is 0.373 e. The summed E-state index contributed by atoms with van der Waals surface area (Å²) in [5, 5.41) is 3.29. The Hall–Kier alpha value is -1.95. The SMILES string of the molecule is CNc1nc(C2CCN(C)CC2)nc2c1CCN(C(=O)[C@@H]1CCC(C)=C(C)C1)C2. The molecule has 0 aromatic carbocycles. The molecule has 29 heavy (non-hydrogen) atoms. The number of carbonyl (C=O) groups excluding carboxylic acids is 1. The van der Waals surface area contributed by atoms with Crippen molar-refractivity contribution >= 4 is 11.7 Å². The van der Waals surface area contributed by atoms with Gasteiger partial charge in [-0.05, 0) is 72.5 Å². The number of anilines is 1. The van der Waals surface area contributed by atoms with Gasteiger partial charge in [0.25, 0.3) is 0 Å². The molecule has 1 amide bonds. The van der Waals surface area contributed by atoms with Gasteiger partial charge in [0.05, 0.1) is 12.2 Å². The molecule has 1 aromatic rings. The van der Waals surface area contributed by atoms with Crippen molar-refractivity contribution < 1.29 is 4.79 Å². The summed E-state index contributed by atoms with van der Waals surface area (Å²) in [6.45, 7) is 7.98. The molecule has 4 rings (SSSR count). The molecular weight excluding hydrogens is 362 g/mol. The summed E-state index contributed by atoms with van der Waals surface area (Å²) in [7, 11) is 4.12. The van der Waals surface area contributed by atoms with Crippen LogP contribution in [0.1, 0.15) is 69.0 Å². The fraction of sp³-hybridized carbons (Fsp3) is 0.696. The molecule has 0 spiro atoms. The van der Waals surface area contributed by atoms with Crippen molar-refractivity contribution in [3.8, 4) is 0 Å². The monoisotopic (exact) mass is 397 g/mol. The Bertz CT molecular complexity index is 810. The highest BCUT2D eigenvalue weighted by Crippen LogP contribution is 2.33. The van der Waals surface area contributed by atoms with Crippen LogP contribution in [0.2, 0.25) is 0 Å². The maximum absolute atomic E-state index is 13.2. The van der Waals surface area contributed by atoms with Crippen LogP contribution in [-0.4, -0.2) is 59.4 Å². The highest BCUT2D eigenvalue weighted by molar-refractivity contribution is 5.80. The number of likely N-dealkylation sites (tertiary alicyclic amines) is 1. The van der Waals surface area contributed by atoms with Gasteiger partial charge in [-0.2, -0.15) is 0 Å². The lowest BCUT2D eigenvalue weighted by atomic mass is 9.84. The maximum atomic E-state index is 13.2. The zero-order valence-corrected chi connectivity index (χ0v) is 18.4. The summed E-state index contributed by atoms with van der Waals surface area (Å²) in [5.74, 6) is 2.79. The third-order valence-corrected chi connectivity index (χ3v) is 7.21. The second-order valence-corrected chi connectivity index (χ2v) is 9.19. The van der Waals surface area contributed by atoms with Crippen molar-refractivity contribution in [1.82, 2.24) is 19.8 Å². The van der Waals surface area contributed by atoms with Crippen LogP contribution < -0.4 is 5.32 Å². The third kappa shape index (κ3) is 4.18. The molecule has 0 saturated carbocycles. The van der Waals surface area contributed by atoms with E-state index >= 15 is 0 Å². The number of aromatic nitrogens is 2. The van der Waals surface area contributed by atoms with Crippen molar-refractivity contribution in [3.63, 3.8) is 0 Å². The van der Waals surface area contributed by atoms with Crippen molar-refractivity contribution in [1.29, 1.82) is 0 Å². The van der Waals surface area contributed by atoms with E-state index in [9.17, 15) is 4.79 Å². The van der Waals surface area contributed by atoms with E-state index in [0.717, 1.165) is 75.5 Å². The van der Waals surface area contributed by atoms with Gasteiger partial charge in [0.2, 0.25) is 5.91 Å². The number of rotatable bonds is 3. The second kappa shape index (κ2) is 8.42. The van der Waals surface area contributed by atoms with Crippen LogP contribution in [0.5, 0.6) is 0 Å². The van der Waals surface area contributed by atoms with E-state index in [1.54, 1.807) is 0 Å². The molecule has 1 aromatic heterocycles. The van der Waals surface area contributed by atoms with Crippen molar-refractivity contribution in [3.05, 3.63) is 28.2 Å². The fourth-order valence-corrected chi connectivity index (χ4v) is 5.01. The first kappa shape index (κ1) is 20.3. The highest BCUT2D eigenvalue weighted by Gasteiger charge is 2.32. The van der Waals surface area contributed by atoms with Gasteiger partial charge in [0, 0.05) is 31.0 Å². The molecule has 0 radical (unpaired) electrons. The van der Waals surface area contributed by atoms with Gasteiger partial charge in [-0.3, -0.25) is 4.79 Å². The maximum Gasteiger partial charge on any atom is 0.226 e. The van der Waals surface area contributed by atoms with E-state index in [0.29, 0.717) is 18.4 Å². The van der Waals surface area contributed by atoms with Gasteiger partial charge in [-0.25, -0.2) is 9.97 Å². The minimum Gasteiger partial charge on any atom is -0.373 e. The van der Waals surface area contributed by atoms with E-state index in [1.807, 2.05) is 11.9 Å². The summed E-state index contributed by atoms with van der Waals surface area (Å²) in [4.78, 5) is 27.5. The summed E-state index contributed by atoms with van der Waals surface area (Å²) < 4.78 is 0. The molecule has 6 heteroatoms. The van der Waals surface area contributed by atoms with Crippen molar-refractivity contribution in [2.24, 2.45) is 5.92 Å². The number of nitrogens with one attached hydrogen (secondary N) is 1. The lowest BCUT2D eigenvalue weighted by Gasteiger charge is -2.34. The predicted octanol–water partition coefficient (Wildman–Crippen LogP) is 3.35. The van der Waals surface area contributed by atoms with Gasteiger partial charge in [0.1, 0.15) is 11.6 Å². The lowest BCUT2D eigenvalue weighted by molar-refractivity contribution is -0.136. The Kier molecular flexibility index (Phi) is 5.91. The molecule has 3 aliphatic rings. The standard InChI is InChI=1S/C23H35N5O/c1-15-5-6-18(13-16(15)2)23(29)28-12-9-19-20(14-28)25-21(26-22(19)24-3)17-7-10-27(4)11-8-17/h17-18H,5-14H2,1-4H3,(H,24,25,26)/t18-/m1/s1. The Balaban J connectivity index is 1.53. The second-order valence-electron chi connectivity index (χ2n) is 9.19. The molecule has 1 fully saturated rings. The molecule has 158 valence electrons. The summed E-state index contributed by atoms with van der Waals surface area (Å²) in [6, 6.07) is 0. The zero-order chi connectivity index (χ0) is 20.5. The molecule has 1 saturated heterocycles. The quantitative estimate of drug-likeness (QED) is 0.793. The Morgan fingerprint density at radius 1 is 1.03 bits per heavy atom. The molecule has 6 nitrogen and oxygen atoms in total. The Labute approximate surface area is 174 Å². The van der Waals surface area contributed by atoms with Crippen molar-refractivity contribution in [2.45, 2.75) is 64.8 Å². The normalized spacial score (nSPS) is 23.9. The molecule has 1 aliphatic carbocycles. The summed E-state index contributed by atoms with van der Waals surface area (Å²) in [5.41, 5.74) is 5.12. The van der Waals surface area contributed by atoms with Crippen LogP contribution >= 0.6 is 0 Å². The zero-order valence-electron chi connectivity index (χ0n) is 18.4. The van der Waals surface area contributed by atoms with Crippen LogP contribution in [0.15, 0.2) is 11.1 Å². The third-order valence-electron chi connectivity index (χ3n) is 7.21. The first-order valence-corrected chi connectivity index (χ1v) is 11.2. The van der Waals surface area contributed by atoms with Crippen molar-refractivity contribution in [2.75, 3.05) is 39.0 Å². The van der Waals surface area contributed by atoms with Gasteiger partial charge in [-0.1, -0.05) is 11.1 Å². The number of amides is 1. The van der Waals surface area contributed by atoms with Gasteiger partial charge in [-0.15, -0.1) is 0 Å². The first-order valence-electron chi connectivity index (χ1n) is 11.2. The summed E-state index contributed by atoms with van der Waals surface area (Å²) in [6.07, 6.45) is 6.00. The molecule has 2 aliphatic heterocycles. The number of allylic oxidation sites excluding steroid dienone is 2. The first-order chi connectivity index (χ1) is 14.0. The van der Waals surface area contributed by atoms with Gasteiger partial charge < -0.3 is 15.1 Å². The lowest BCUT2D eigenvalue weighted by Crippen LogP contribution is -2.41. The predicted molar refractivity (Wildman–Crippen MR) is 116 cm³/mol. The number of fused-ring (bicyclic) bond motifs is 1. The number of hydrogen-bond donors (Lipinski definition) is 1. The fourth-order valence-electron chi connectivity index (χ4n) is 5.01.